The summed E-state index contributed by atoms with van der Waals surface area (Å²) in [7, 11) is 1.54. The van der Waals surface area contributed by atoms with Gasteiger partial charge in [-0.25, -0.2) is 9.82 Å². The summed E-state index contributed by atoms with van der Waals surface area (Å²) in [6.07, 6.45) is 1.54. The second-order valence-electron chi connectivity index (χ2n) is 6.63. The second-order valence-corrected chi connectivity index (χ2v) is 7.49. The third-order valence-electron chi connectivity index (χ3n) is 4.42. The van der Waals surface area contributed by atoms with Crippen LogP contribution < -0.4 is 14.9 Å². The van der Waals surface area contributed by atoms with E-state index in [4.69, 9.17) is 14.2 Å². The minimum Gasteiger partial charge on any atom is -0.493 e. The SMILES string of the molecule is COc1cc(/C=N\NC(=O)CN2CCOCC2)cc(Br)c1OCc1ccc(F)cc1. The molecule has 7 nitrogen and oxygen atoms in total. The van der Waals surface area contributed by atoms with Crippen molar-refractivity contribution in [3.8, 4) is 11.5 Å². The van der Waals surface area contributed by atoms with Crippen molar-refractivity contribution < 1.29 is 23.4 Å². The molecule has 0 spiro atoms. The molecule has 2 aromatic carbocycles. The molecular weight excluding hydrogens is 457 g/mol. The van der Waals surface area contributed by atoms with Crippen LogP contribution in [0.25, 0.3) is 0 Å². The van der Waals surface area contributed by atoms with Crippen LogP contribution in [0, 0.1) is 5.82 Å². The van der Waals surface area contributed by atoms with Gasteiger partial charge in [-0.1, -0.05) is 12.1 Å². The number of morpholine rings is 1. The lowest BCUT2D eigenvalue weighted by Crippen LogP contribution is -2.42. The van der Waals surface area contributed by atoms with Crippen molar-refractivity contribution in [1.29, 1.82) is 0 Å². The molecule has 9 heteroatoms. The highest BCUT2D eigenvalue weighted by molar-refractivity contribution is 9.10. The monoisotopic (exact) mass is 479 g/mol. The number of methoxy groups -OCH3 is 1. The van der Waals surface area contributed by atoms with Gasteiger partial charge in [-0.15, -0.1) is 0 Å². The van der Waals surface area contributed by atoms with E-state index in [0.717, 1.165) is 24.2 Å². The van der Waals surface area contributed by atoms with E-state index in [9.17, 15) is 9.18 Å². The van der Waals surface area contributed by atoms with Crippen LogP contribution in [-0.2, 0) is 16.1 Å². The molecule has 0 radical (unpaired) electrons. The molecule has 3 rings (SSSR count). The van der Waals surface area contributed by atoms with Crippen molar-refractivity contribution >= 4 is 28.1 Å². The van der Waals surface area contributed by atoms with Crippen LogP contribution in [-0.4, -0.2) is 57.0 Å². The molecule has 160 valence electrons. The topological polar surface area (TPSA) is 72.4 Å². The Morgan fingerprint density at radius 3 is 2.73 bits per heavy atom. The van der Waals surface area contributed by atoms with E-state index in [0.29, 0.717) is 29.2 Å². The number of halogens is 2. The number of amides is 1. The molecule has 0 atom stereocenters. The second kappa shape index (κ2) is 11.1. The molecule has 1 heterocycles. The molecule has 0 bridgehead atoms. The zero-order valence-corrected chi connectivity index (χ0v) is 18.2. The molecule has 30 heavy (non-hydrogen) atoms. The number of rotatable bonds is 8. The van der Waals surface area contributed by atoms with Crippen LogP contribution in [0.15, 0.2) is 46.0 Å². The molecule has 0 saturated carbocycles. The van der Waals surface area contributed by atoms with E-state index < -0.39 is 0 Å². The normalized spacial score (nSPS) is 14.6. The van der Waals surface area contributed by atoms with Crippen molar-refractivity contribution in [2.45, 2.75) is 6.61 Å². The van der Waals surface area contributed by atoms with E-state index in [2.05, 4.69) is 26.5 Å². The lowest BCUT2D eigenvalue weighted by molar-refractivity contribution is -0.123. The number of carbonyl (C=O) groups excluding carboxylic acids is 1. The lowest BCUT2D eigenvalue weighted by atomic mass is 10.2. The van der Waals surface area contributed by atoms with Gasteiger partial charge in [-0.05, 0) is 51.3 Å². The van der Waals surface area contributed by atoms with E-state index in [1.54, 1.807) is 24.3 Å². The Morgan fingerprint density at radius 2 is 2.03 bits per heavy atom. The summed E-state index contributed by atoms with van der Waals surface area (Å²) in [4.78, 5) is 14.0. The van der Waals surface area contributed by atoms with Crippen LogP contribution in [0.3, 0.4) is 0 Å². The maximum atomic E-state index is 13.0. The van der Waals surface area contributed by atoms with Crippen molar-refractivity contribution in [3.05, 3.63) is 57.8 Å². The molecule has 0 unspecified atom stereocenters. The fourth-order valence-electron chi connectivity index (χ4n) is 2.87. The van der Waals surface area contributed by atoms with Gasteiger partial charge in [0.05, 0.1) is 37.6 Å². The van der Waals surface area contributed by atoms with Gasteiger partial charge in [0, 0.05) is 13.1 Å². The zero-order chi connectivity index (χ0) is 21.3. The third kappa shape index (κ3) is 6.51. The van der Waals surface area contributed by atoms with Gasteiger partial charge in [0.1, 0.15) is 12.4 Å². The molecule has 1 aliphatic heterocycles. The van der Waals surface area contributed by atoms with E-state index in [-0.39, 0.29) is 24.9 Å². The summed E-state index contributed by atoms with van der Waals surface area (Å²) >= 11 is 3.48. The van der Waals surface area contributed by atoms with Crippen LogP contribution in [0.4, 0.5) is 4.39 Å². The molecule has 1 amide bonds. The minimum atomic E-state index is -0.293. The zero-order valence-electron chi connectivity index (χ0n) is 16.6. The quantitative estimate of drug-likeness (QED) is 0.465. The Hall–Kier alpha value is -2.49. The smallest absolute Gasteiger partial charge is 0.254 e. The Labute approximate surface area is 182 Å². The summed E-state index contributed by atoms with van der Waals surface area (Å²) in [5.74, 6) is 0.555. The Balaban J connectivity index is 1.59. The largest absolute Gasteiger partial charge is 0.493 e. The lowest BCUT2D eigenvalue weighted by Gasteiger charge is -2.25. The number of hydrogen-bond donors (Lipinski definition) is 1. The van der Waals surface area contributed by atoms with Gasteiger partial charge < -0.3 is 14.2 Å². The number of hydrazone groups is 1. The number of hydrogen-bond acceptors (Lipinski definition) is 6. The van der Waals surface area contributed by atoms with Crippen molar-refractivity contribution in [2.75, 3.05) is 40.0 Å². The number of nitrogens with one attached hydrogen (secondary N) is 1. The summed E-state index contributed by atoms with van der Waals surface area (Å²) in [5.41, 5.74) is 4.09. The number of nitrogens with zero attached hydrogens (tertiary/aromatic N) is 2. The predicted octanol–water partition coefficient (Wildman–Crippen LogP) is 2.96. The first-order chi connectivity index (χ1) is 14.5. The van der Waals surface area contributed by atoms with E-state index in [1.807, 2.05) is 4.90 Å². The maximum Gasteiger partial charge on any atom is 0.254 e. The highest BCUT2D eigenvalue weighted by atomic mass is 79.9. The molecular formula is C21H23BrFN3O4. The fourth-order valence-corrected chi connectivity index (χ4v) is 3.44. The molecule has 0 aromatic heterocycles. The standard InChI is InChI=1S/C21H23BrFN3O4/c1-28-19-11-16(12-24-25-20(27)13-26-6-8-29-9-7-26)10-18(22)21(19)30-14-15-2-4-17(23)5-3-15/h2-5,10-12H,6-9,13-14H2,1H3,(H,25,27)/b24-12-. The molecule has 1 N–H and O–H groups in total. The first kappa shape index (κ1) is 22.2. The van der Waals surface area contributed by atoms with Crippen LogP contribution in [0.5, 0.6) is 11.5 Å². The van der Waals surface area contributed by atoms with Crippen LogP contribution in [0.2, 0.25) is 0 Å². The number of ether oxygens (including phenoxy) is 3. The summed E-state index contributed by atoms with van der Waals surface area (Å²) < 4.78 is 30.2. The molecule has 1 aliphatic rings. The van der Waals surface area contributed by atoms with Gasteiger partial charge in [-0.2, -0.15) is 5.10 Å². The molecule has 0 aliphatic carbocycles. The van der Waals surface area contributed by atoms with Gasteiger partial charge in [-0.3, -0.25) is 9.69 Å². The van der Waals surface area contributed by atoms with Crippen molar-refractivity contribution in [2.24, 2.45) is 5.10 Å². The fraction of sp³-hybridized carbons (Fsp3) is 0.333. The average Bonchev–Trinajstić information content (AvgIpc) is 2.74. The van der Waals surface area contributed by atoms with Crippen molar-refractivity contribution in [3.63, 3.8) is 0 Å². The summed E-state index contributed by atoms with van der Waals surface area (Å²) in [5, 5.41) is 4.02. The minimum absolute atomic E-state index is 0.182. The average molecular weight is 480 g/mol. The number of carbonyl (C=O) groups is 1. The summed E-state index contributed by atoms with van der Waals surface area (Å²) in [6.45, 7) is 3.30. The molecule has 1 fully saturated rings. The predicted molar refractivity (Wildman–Crippen MR) is 114 cm³/mol. The number of benzene rings is 2. The molecule has 2 aromatic rings. The van der Waals surface area contributed by atoms with Gasteiger partial charge in [0.15, 0.2) is 11.5 Å². The van der Waals surface area contributed by atoms with Gasteiger partial charge >= 0.3 is 0 Å². The summed E-state index contributed by atoms with van der Waals surface area (Å²) in [6, 6.07) is 9.66. The highest BCUT2D eigenvalue weighted by Gasteiger charge is 2.14. The maximum absolute atomic E-state index is 13.0. The third-order valence-corrected chi connectivity index (χ3v) is 5.01. The van der Waals surface area contributed by atoms with E-state index in [1.165, 1.54) is 25.5 Å². The van der Waals surface area contributed by atoms with Gasteiger partial charge in [0.2, 0.25) is 0 Å². The van der Waals surface area contributed by atoms with Crippen LogP contribution >= 0.6 is 15.9 Å². The van der Waals surface area contributed by atoms with Crippen LogP contribution in [0.1, 0.15) is 11.1 Å². The van der Waals surface area contributed by atoms with Gasteiger partial charge in [0.25, 0.3) is 5.91 Å². The molecule has 1 saturated heterocycles. The highest BCUT2D eigenvalue weighted by Crippen LogP contribution is 2.36. The first-order valence-electron chi connectivity index (χ1n) is 9.42. The Morgan fingerprint density at radius 1 is 1.30 bits per heavy atom. The van der Waals surface area contributed by atoms with Crippen molar-refractivity contribution in [1.82, 2.24) is 10.3 Å². The Bertz CT molecular complexity index is 887. The van der Waals surface area contributed by atoms with E-state index >= 15 is 0 Å². The Kier molecular flexibility index (Phi) is 8.18. The first-order valence-corrected chi connectivity index (χ1v) is 10.2.